The predicted octanol–water partition coefficient (Wildman–Crippen LogP) is 2.87. The summed E-state index contributed by atoms with van der Waals surface area (Å²) in [6, 6.07) is 10.6. The molecule has 1 aromatic rings. The van der Waals surface area contributed by atoms with E-state index in [1.165, 1.54) is 12.0 Å². The maximum atomic E-state index is 12.7. The minimum absolute atomic E-state index is 0. The maximum absolute atomic E-state index is 12.7. The lowest BCUT2D eigenvalue weighted by atomic mass is 9.94. The second-order valence-electron chi connectivity index (χ2n) is 6.66. The highest BCUT2D eigenvalue weighted by Crippen LogP contribution is 2.34. The lowest BCUT2D eigenvalue weighted by molar-refractivity contribution is -0.135. The van der Waals surface area contributed by atoms with E-state index in [0.717, 1.165) is 38.8 Å². The molecule has 0 aromatic heterocycles. The van der Waals surface area contributed by atoms with Crippen LogP contribution in [0, 0.1) is 17.8 Å². The number of nitrogens with two attached hydrogens (primary N) is 1. The zero-order valence-corrected chi connectivity index (χ0v) is 13.9. The van der Waals surface area contributed by atoms with Crippen molar-refractivity contribution in [1.82, 2.24) is 4.90 Å². The summed E-state index contributed by atoms with van der Waals surface area (Å²) in [4.78, 5) is 14.8. The van der Waals surface area contributed by atoms with Crippen LogP contribution in [0.2, 0.25) is 0 Å². The Hall–Kier alpha value is -1.06. The Balaban J connectivity index is 0.00000176. The maximum Gasteiger partial charge on any atom is 0.226 e. The molecule has 0 spiro atoms. The van der Waals surface area contributed by atoms with Crippen LogP contribution in [0.5, 0.6) is 0 Å². The largest absolute Gasteiger partial charge is 0.342 e. The first-order valence-corrected chi connectivity index (χ1v) is 8.30. The molecule has 0 bridgehead atoms. The van der Waals surface area contributed by atoms with E-state index >= 15 is 0 Å². The van der Waals surface area contributed by atoms with Crippen molar-refractivity contribution in [2.24, 2.45) is 23.5 Å². The van der Waals surface area contributed by atoms with Crippen LogP contribution in [-0.4, -0.2) is 30.4 Å². The standard InChI is InChI=1S/C18H26N2O.ClH/c19-12-16-7-4-8-17(16)18(21)20-10-9-15(13-20)11-14-5-2-1-3-6-14;/h1-3,5-6,15-17H,4,7-13,19H2;1H/t15?,16-,17-;/m1./s1. The third kappa shape index (κ3) is 3.82. The molecule has 1 saturated carbocycles. The highest BCUT2D eigenvalue weighted by Gasteiger charge is 2.37. The van der Waals surface area contributed by atoms with Crippen LogP contribution < -0.4 is 5.73 Å². The summed E-state index contributed by atoms with van der Waals surface area (Å²) in [5, 5.41) is 0. The van der Waals surface area contributed by atoms with Crippen LogP contribution >= 0.6 is 12.4 Å². The fraction of sp³-hybridized carbons (Fsp3) is 0.611. The van der Waals surface area contributed by atoms with Crippen LogP contribution in [-0.2, 0) is 11.2 Å². The molecule has 122 valence electrons. The summed E-state index contributed by atoms with van der Waals surface area (Å²) in [6.07, 6.45) is 5.57. The number of nitrogens with zero attached hydrogens (tertiary/aromatic N) is 1. The summed E-state index contributed by atoms with van der Waals surface area (Å²) in [6.45, 7) is 2.53. The van der Waals surface area contributed by atoms with Crippen molar-refractivity contribution in [3.05, 3.63) is 35.9 Å². The molecule has 3 nitrogen and oxygen atoms in total. The predicted molar refractivity (Wildman–Crippen MR) is 92.0 cm³/mol. The topological polar surface area (TPSA) is 46.3 Å². The number of hydrogen-bond acceptors (Lipinski definition) is 2. The zero-order chi connectivity index (χ0) is 14.7. The number of carbonyl (C=O) groups is 1. The van der Waals surface area contributed by atoms with Crippen molar-refractivity contribution < 1.29 is 4.79 Å². The monoisotopic (exact) mass is 322 g/mol. The summed E-state index contributed by atoms with van der Waals surface area (Å²) >= 11 is 0. The smallest absolute Gasteiger partial charge is 0.226 e. The van der Waals surface area contributed by atoms with Gasteiger partial charge >= 0.3 is 0 Å². The van der Waals surface area contributed by atoms with Crippen LogP contribution in [0.15, 0.2) is 30.3 Å². The quantitative estimate of drug-likeness (QED) is 0.926. The number of carbonyl (C=O) groups excluding carboxylic acids is 1. The summed E-state index contributed by atoms with van der Waals surface area (Å²) < 4.78 is 0. The fourth-order valence-corrected chi connectivity index (χ4v) is 4.03. The molecule has 2 N–H and O–H groups in total. The molecule has 1 saturated heterocycles. The van der Waals surface area contributed by atoms with Gasteiger partial charge in [0.25, 0.3) is 0 Å². The van der Waals surface area contributed by atoms with Gasteiger partial charge in [-0.15, -0.1) is 12.4 Å². The van der Waals surface area contributed by atoms with Crippen molar-refractivity contribution >= 4 is 18.3 Å². The molecule has 1 heterocycles. The molecule has 3 atom stereocenters. The summed E-state index contributed by atoms with van der Waals surface area (Å²) in [7, 11) is 0. The normalized spacial score (nSPS) is 27.7. The van der Waals surface area contributed by atoms with Crippen molar-refractivity contribution in [3.63, 3.8) is 0 Å². The number of rotatable bonds is 4. The van der Waals surface area contributed by atoms with Crippen LogP contribution in [0.1, 0.15) is 31.2 Å². The fourth-order valence-electron chi connectivity index (χ4n) is 4.03. The minimum Gasteiger partial charge on any atom is -0.342 e. The minimum atomic E-state index is 0. The van der Waals surface area contributed by atoms with E-state index in [0.29, 0.717) is 24.3 Å². The zero-order valence-electron chi connectivity index (χ0n) is 13.1. The van der Waals surface area contributed by atoms with E-state index < -0.39 is 0 Å². The summed E-state index contributed by atoms with van der Waals surface area (Å²) in [5.74, 6) is 1.61. The first-order chi connectivity index (χ1) is 10.3. The third-order valence-electron chi connectivity index (χ3n) is 5.24. The van der Waals surface area contributed by atoms with Gasteiger partial charge < -0.3 is 10.6 Å². The SMILES string of the molecule is Cl.NC[C@H]1CCC[C@H]1C(=O)N1CCC(Cc2ccccc2)C1. The Morgan fingerprint density at radius 3 is 2.68 bits per heavy atom. The average molecular weight is 323 g/mol. The molecule has 22 heavy (non-hydrogen) atoms. The van der Waals surface area contributed by atoms with E-state index in [1.807, 2.05) is 0 Å². The van der Waals surface area contributed by atoms with Crippen molar-refractivity contribution in [3.8, 4) is 0 Å². The number of likely N-dealkylation sites (tertiary alicyclic amines) is 1. The van der Waals surface area contributed by atoms with Crippen molar-refractivity contribution in [2.45, 2.75) is 32.1 Å². The first-order valence-electron chi connectivity index (χ1n) is 8.30. The Morgan fingerprint density at radius 1 is 1.18 bits per heavy atom. The van der Waals surface area contributed by atoms with Gasteiger partial charge in [0.05, 0.1) is 0 Å². The molecule has 4 heteroatoms. The van der Waals surface area contributed by atoms with E-state index in [-0.39, 0.29) is 18.3 Å². The van der Waals surface area contributed by atoms with Gasteiger partial charge in [-0.3, -0.25) is 4.79 Å². The van der Waals surface area contributed by atoms with E-state index in [1.54, 1.807) is 0 Å². The van der Waals surface area contributed by atoms with Gasteiger partial charge in [0.2, 0.25) is 5.91 Å². The molecule has 2 aliphatic rings. The lowest BCUT2D eigenvalue weighted by Gasteiger charge is -2.24. The van der Waals surface area contributed by atoms with E-state index in [9.17, 15) is 4.79 Å². The van der Waals surface area contributed by atoms with Gasteiger partial charge in [0.1, 0.15) is 0 Å². The van der Waals surface area contributed by atoms with Crippen LogP contribution in [0.3, 0.4) is 0 Å². The van der Waals surface area contributed by atoms with Crippen LogP contribution in [0.25, 0.3) is 0 Å². The Bertz CT molecular complexity index is 479. The third-order valence-corrected chi connectivity index (χ3v) is 5.24. The molecule has 1 amide bonds. The Labute approximate surface area is 139 Å². The molecular formula is C18H27ClN2O. The second kappa shape index (κ2) is 7.98. The molecule has 1 unspecified atom stereocenters. The lowest BCUT2D eigenvalue weighted by Crippen LogP contribution is -2.37. The van der Waals surface area contributed by atoms with Crippen LogP contribution in [0.4, 0.5) is 0 Å². The first kappa shape index (κ1) is 17.3. The molecule has 0 radical (unpaired) electrons. The summed E-state index contributed by atoms with van der Waals surface area (Å²) in [5.41, 5.74) is 7.21. The second-order valence-corrected chi connectivity index (χ2v) is 6.66. The number of halogens is 1. The van der Waals surface area contributed by atoms with Gasteiger partial charge in [-0.05, 0) is 49.6 Å². The molecule has 1 aliphatic carbocycles. The highest BCUT2D eigenvalue weighted by molar-refractivity contribution is 5.85. The molecule has 1 aromatic carbocycles. The van der Waals surface area contributed by atoms with E-state index in [4.69, 9.17) is 5.73 Å². The highest BCUT2D eigenvalue weighted by atomic mass is 35.5. The number of benzene rings is 1. The van der Waals surface area contributed by atoms with Gasteiger partial charge in [0, 0.05) is 19.0 Å². The van der Waals surface area contributed by atoms with Crippen molar-refractivity contribution in [1.29, 1.82) is 0 Å². The van der Waals surface area contributed by atoms with Gasteiger partial charge in [-0.1, -0.05) is 36.8 Å². The van der Waals surface area contributed by atoms with Gasteiger partial charge in [-0.25, -0.2) is 0 Å². The average Bonchev–Trinajstić information content (AvgIpc) is 3.16. The Kier molecular flexibility index (Phi) is 6.27. The number of hydrogen-bond donors (Lipinski definition) is 1. The van der Waals surface area contributed by atoms with Gasteiger partial charge in [0.15, 0.2) is 0 Å². The van der Waals surface area contributed by atoms with E-state index in [2.05, 4.69) is 35.2 Å². The molecule has 3 rings (SSSR count). The van der Waals surface area contributed by atoms with Gasteiger partial charge in [-0.2, -0.15) is 0 Å². The Morgan fingerprint density at radius 2 is 1.95 bits per heavy atom. The molecule has 2 fully saturated rings. The van der Waals surface area contributed by atoms with Crippen molar-refractivity contribution in [2.75, 3.05) is 19.6 Å². The molecular weight excluding hydrogens is 296 g/mol. The number of amides is 1. The molecule has 1 aliphatic heterocycles.